The molecule has 3 aromatic carbocycles. The van der Waals surface area contributed by atoms with Gasteiger partial charge in [0.05, 0.1) is 24.3 Å². The van der Waals surface area contributed by atoms with E-state index >= 15 is 0 Å². The lowest BCUT2D eigenvalue weighted by atomic mass is 9.88. The highest BCUT2D eigenvalue weighted by Crippen LogP contribution is 2.32. The van der Waals surface area contributed by atoms with Crippen molar-refractivity contribution in [2.75, 3.05) is 19.8 Å². The fraction of sp³-hybridized carbons (Fsp3) is 0.290. The molecule has 0 aliphatic carbocycles. The van der Waals surface area contributed by atoms with Crippen LogP contribution in [0.15, 0.2) is 85.1 Å². The SMILES string of the molecule is CCC(C(=O)c1cn(-c2ccccc2)c2ccc(CCC(=O)OCC(N)(CO)CO)cc12)c1ccccc1. The number of fused-ring (bicyclic) bond motifs is 1. The van der Waals surface area contributed by atoms with Gasteiger partial charge in [-0.15, -0.1) is 0 Å². The van der Waals surface area contributed by atoms with Crippen molar-refractivity contribution in [1.29, 1.82) is 0 Å². The Morgan fingerprint density at radius 2 is 1.63 bits per heavy atom. The quantitative estimate of drug-likeness (QED) is 0.193. The minimum atomic E-state index is -1.36. The highest BCUT2D eigenvalue weighted by atomic mass is 16.5. The van der Waals surface area contributed by atoms with Gasteiger partial charge >= 0.3 is 5.97 Å². The molecule has 38 heavy (non-hydrogen) atoms. The molecule has 4 aromatic rings. The molecule has 1 atom stereocenters. The summed E-state index contributed by atoms with van der Waals surface area (Å²) in [4.78, 5) is 26.2. The minimum Gasteiger partial charge on any atom is -0.464 e. The molecule has 7 nitrogen and oxygen atoms in total. The number of nitrogens with zero attached hydrogens (tertiary/aromatic N) is 1. The molecule has 0 bridgehead atoms. The molecule has 1 heterocycles. The van der Waals surface area contributed by atoms with Crippen LogP contribution in [-0.4, -0.2) is 51.9 Å². The van der Waals surface area contributed by atoms with Crippen molar-refractivity contribution in [1.82, 2.24) is 4.57 Å². The average Bonchev–Trinajstić information content (AvgIpc) is 3.35. The summed E-state index contributed by atoms with van der Waals surface area (Å²) in [6.07, 6.45) is 3.10. The zero-order chi connectivity index (χ0) is 27.1. The standard InChI is InChI=1S/C31H34N2O5/c1-2-25(23-9-5-3-6-10-23)30(37)27-18-33(24-11-7-4-8-12-24)28-15-13-22(17-26(27)28)14-16-29(36)38-21-31(32,19-34)20-35/h3-13,15,17-18,25,34-35H,2,14,16,19-21,32H2,1H3. The second-order valence-electron chi connectivity index (χ2n) is 9.67. The number of rotatable bonds is 12. The molecule has 0 aliphatic heterocycles. The molecule has 4 rings (SSSR count). The van der Waals surface area contributed by atoms with Crippen LogP contribution in [0.25, 0.3) is 16.6 Å². The molecule has 0 aliphatic rings. The van der Waals surface area contributed by atoms with Gasteiger partial charge in [-0.05, 0) is 48.2 Å². The number of aliphatic hydroxyl groups is 2. The summed E-state index contributed by atoms with van der Waals surface area (Å²) < 4.78 is 7.21. The molecule has 0 fully saturated rings. The highest BCUT2D eigenvalue weighted by Gasteiger charge is 2.26. The van der Waals surface area contributed by atoms with Crippen molar-refractivity contribution >= 4 is 22.7 Å². The Kier molecular flexibility index (Phi) is 8.73. The third kappa shape index (κ3) is 6.02. The van der Waals surface area contributed by atoms with E-state index in [0.29, 0.717) is 18.4 Å². The van der Waals surface area contributed by atoms with Gasteiger partial charge in [0, 0.05) is 35.2 Å². The van der Waals surface area contributed by atoms with Crippen LogP contribution in [0.2, 0.25) is 0 Å². The zero-order valence-corrected chi connectivity index (χ0v) is 21.5. The van der Waals surface area contributed by atoms with E-state index in [2.05, 4.69) is 0 Å². The molecule has 0 radical (unpaired) electrons. The maximum atomic E-state index is 13.9. The Bertz CT molecular complexity index is 1380. The number of aliphatic hydroxyl groups excluding tert-OH is 2. The maximum Gasteiger partial charge on any atom is 0.306 e. The molecule has 4 N–H and O–H groups in total. The molecular weight excluding hydrogens is 480 g/mol. The number of benzene rings is 3. The van der Waals surface area contributed by atoms with Crippen LogP contribution in [0.4, 0.5) is 0 Å². The summed E-state index contributed by atoms with van der Waals surface area (Å²) >= 11 is 0. The van der Waals surface area contributed by atoms with E-state index in [1.54, 1.807) is 0 Å². The highest BCUT2D eigenvalue weighted by molar-refractivity contribution is 6.11. The van der Waals surface area contributed by atoms with Crippen LogP contribution >= 0.6 is 0 Å². The number of aryl methyl sites for hydroxylation is 1. The number of ether oxygens (including phenoxy) is 1. The van der Waals surface area contributed by atoms with Crippen LogP contribution in [-0.2, 0) is 16.0 Å². The number of hydrogen-bond donors (Lipinski definition) is 3. The molecule has 0 amide bonds. The topological polar surface area (TPSA) is 115 Å². The van der Waals surface area contributed by atoms with Gasteiger partial charge in [0.25, 0.3) is 0 Å². The summed E-state index contributed by atoms with van der Waals surface area (Å²) in [7, 11) is 0. The fourth-order valence-corrected chi connectivity index (χ4v) is 4.56. The Labute approximate surface area is 222 Å². The van der Waals surface area contributed by atoms with Gasteiger partial charge in [-0.3, -0.25) is 9.59 Å². The van der Waals surface area contributed by atoms with Gasteiger partial charge in [0.15, 0.2) is 5.78 Å². The van der Waals surface area contributed by atoms with E-state index in [0.717, 1.165) is 27.7 Å². The number of nitrogens with two attached hydrogens (primary N) is 1. The predicted octanol–water partition coefficient (Wildman–Crippen LogP) is 4.16. The van der Waals surface area contributed by atoms with Crippen molar-refractivity contribution in [2.24, 2.45) is 5.73 Å². The number of hydrogen-bond acceptors (Lipinski definition) is 6. The lowest BCUT2D eigenvalue weighted by molar-refractivity contribution is -0.146. The number of para-hydroxylation sites is 1. The minimum absolute atomic E-state index is 0.0576. The first-order valence-corrected chi connectivity index (χ1v) is 12.8. The van der Waals surface area contributed by atoms with Gasteiger partial charge in [0.2, 0.25) is 0 Å². The molecule has 0 saturated heterocycles. The third-order valence-corrected chi connectivity index (χ3v) is 6.86. The number of carbonyl (C=O) groups excluding carboxylic acids is 2. The van der Waals surface area contributed by atoms with E-state index in [9.17, 15) is 19.8 Å². The number of carbonyl (C=O) groups is 2. The Balaban J connectivity index is 1.64. The summed E-state index contributed by atoms with van der Waals surface area (Å²) in [5.41, 5.74) is 8.80. The van der Waals surface area contributed by atoms with Gasteiger partial charge in [-0.1, -0.05) is 61.5 Å². The van der Waals surface area contributed by atoms with Gasteiger partial charge < -0.3 is 25.3 Å². The van der Waals surface area contributed by atoms with Crippen LogP contribution in [0, 0.1) is 0 Å². The first-order valence-electron chi connectivity index (χ1n) is 12.8. The van der Waals surface area contributed by atoms with Crippen molar-refractivity contribution in [3.8, 4) is 5.69 Å². The third-order valence-electron chi connectivity index (χ3n) is 6.86. The van der Waals surface area contributed by atoms with Crippen molar-refractivity contribution in [3.63, 3.8) is 0 Å². The molecule has 1 unspecified atom stereocenters. The number of Topliss-reactive ketones (excluding diaryl/α,β-unsaturated/α-hetero) is 1. The molecular formula is C31H34N2O5. The summed E-state index contributed by atoms with van der Waals surface area (Å²) in [5.74, 6) is -0.684. The predicted molar refractivity (Wildman–Crippen MR) is 147 cm³/mol. The number of esters is 1. The van der Waals surface area contributed by atoms with E-state index in [-0.39, 0.29) is 24.7 Å². The largest absolute Gasteiger partial charge is 0.464 e. The molecule has 0 spiro atoms. The van der Waals surface area contributed by atoms with Gasteiger partial charge in [-0.2, -0.15) is 0 Å². The van der Waals surface area contributed by atoms with Gasteiger partial charge in [-0.25, -0.2) is 0 Å². The van der Waals surface area contributed by atoms with Crippen LogP contribution in [0.3, 0.4) is 0 Å². The molecule has 1 aromatic heterocycles. The second kappa shape index (κ2) is 12.2. The summed E-state index contributed by atoms with van der Waals surface area (Å²) in [5, 5.41) is 19.4. The lowest BCUT2D eigenvalue weighted by Crippen LogP contribution is -2.51. The van der Waals surface area contributed by atoms with Crippen molar-refractivity contribution in [2.45, 2.75) is 37.6 Å². The van der Waals surface area contributed by atoms with E-state index in [4.69, 9.17) is 10.5 Å². The van der Waals surface area contributed by atoms with Crippen LogP contribution in [0.5, 0.6) is 0 Å². The van der Waals surface area contributed by atoms with E-state index in [1.807, 2.05) is 96.6 Å². The monoisotopic (exact) mass is 514 g/mol. The summed E-state index contributed by atoms with van der Waals surface area (Å²) in [6, 6.07) is 25.6. The molecule has 198 valence electrons. The second-order valence-corrected chi connectivity index (χ2v) is 9.67. The lowest BCUT2D eigenvalue weighted by Gasteiger charge is -2.23. The van der Waals surface area contributed by atoms with Gasteiger partial charge in [0.1, 0.15) is 6.61 Å². The maximum absolute atomic E-state index is 13.9. The Hall–Kier alpha value is -3.78. The Morgan fingerprint density at radius 3 is 2.26 bits per heavy atom. The smallest absolute Gasteiger partial charge is 0.306 e. The van der Waals surface area contributed by atoms with Crippen molar-refractivity contribution < 1.29 is 24.5 Å². The van der Waals surface area contributed by atoms with Crippen molar-refractivity contribution in [3.05, 3.63) is 102 Å². The molecule has 7 heteroatoms. The number of ketones is 1. The average molecular weight is 515 g/mol. The fourth-order valence-electron chi connectivity index (χ4n) is 4.56. The first kappa shape index (κ1) is 27.3. The normalized spacial score (nSPS) is 12.4. The van der Waals surface area contributed by atoms with Crippen LogP contribution < -0.4 is 5.73 Å². The van der Waals surface area contributed by atoms with E-state index in [1.165, 1.54) is 0 Å². The Morgan fingerprint density at radius 1 is 0.974 bits per heavy atom. The first-order chi connectivity index (χ1) is 18.4. The zero-order valence-electron chi connectivity index (χ0n) is 21.5. The molecule has 0 saturated carbocycles. The summed E-state index contributed by atoms with van der Waals surface area (Å²) in [6.45, 7) is 0.760. The van der Waals surface area contributed by atoms with E-state index < -0.39 is 24.7 Å². The number of aromatic nitrogens is 1. The van der Waals surface area contributed by atoms with Crippen LogP contribution in [0.1, 0.15) is 47.2 Å².